The van der Waals surface area contributed by atoms with Gasteiger partial charge in [0.2, 0.25) is 0 Å². The Balaban J connectivity index is 2.51. The average Bonchev–Trinajstić information content (AvgIpc) is 2.45. The summed E-state index contributed by atoms with van der Waals surface area (Å²) in [6.45, 7) is 4.19. The van der Waals surface area contributed by atoms with Crippen LogP contribution in [0.4, 0.5) is 13.2 Å². The van der Waals surface area contributed by atoms with Crippen LogP contribution in [0.1, 0.15) is 36.5 Å². The Morgan fingerprint density at radius 1 is 1.05 bits per heavy atom. The van der Waals surface area contributed by atoms with Gasteiger partial charge in [0.1, 0.15) is 0 Å². The Morgan fingerprint density at radius 2 is 1.76 bits per heavy atom. The van der Waals surface area contributed by atoms with Gasteiger partial charge >= 0.3 is 6.18 Å². The molecule has 0 amide bonds. The summed E-state index contributed by atoms with van der Waals surface area (Å²) in [6.07, 6.45) is -4.31. The third kappa shape index (κ3) is 3.67. The molecule has 0 radical (unpaired) electrons. The normalized spacial score (nSPS) is 12.0. The van der Waals surface area contributed by atoms with Gasteiger partial charge in [0.25, 0.3) is 0 Å². The quantitative estimate of drug-likeness (QED) is 0.558. The molecule has 0 N–H and O–H groups in total. The van der Waals surface area contributed by atoms with Crippen LogP contribution in [0.15, 0.2) is 42.5 Å². The number of halogens is 4. The number of alkyl halides is 4. The molecule has 2 rings (SSSR count). The van der Waals surface area contributed by atoms with E-state index < -0.39 is 11.7 Å². The van der Waals surface area contributed by atoms with Crippen molar-refractivity contribution in [1.82, 2.24) is 0 Å². The van der Waals surface area contributed by atoms with Crippen molar-refractivity contribution in [2.75, 3.05) is 0 Å². The maximum absolute atomic E-state index is 12.8. The third-order valence-corrected chi connectivity index (χ3v) is 4.04. The molecule has 4 heteroatoms. The highest BCUT2D eigenvalue weighted by molar-refractivity contribution is 9.08. The molecule has 0 bridgehead atoms. The lowest BCUT2D eigenvalue weighted by Crippen LogP contribution is -2.05. The molecule has 0 aliphatic carbocycles. The summed E-state index contributed by atoms with van der Waals surface area (Å²) >= 11 is 3.29. The zero-order valence-corrected chi connectivity index (χ0v) is 13.4. The van der Waals surface area contributed by atoms with Gasteiger partial charge in [0.15, 0.2) is 0 Å². The molecule has 2 aromatic rings. The molecule has 0 unspecified atom stereocenters. The number of rotatable bonds is 3. The molecule has 0 saturated heterocycles. The van der Waals surface area contributed by atoms with Gasteiger partial charge in [-0.1, -0.05) is 60.1 Å². The first-order valence-corrected chi connectivity index (χ1v) is 7.81. The first-order chi connectivity index (χ1) is 9.82. The highest BCUT2D eigenvalue weighted by atomic mass is 79.9. The summed E-state index contributed by atoms with van der Waals surface area (Å²) in [5, 5.41) is 0.387. The van der Waals surface area contributed by atoms with Crippen molar-refractivity contribution in [3.63, 3.8) is 0 Å². The van der Waals surface area contributed by atoms with Gasteiger partial charge in [-0.05, 0) is 40.3 Å². The molecule has 0 saturated carbocycles. The fourth-order valence-electron chi connectivity index (χ4n) is 2.23. The largest absolute Gasteiger partial charge is 0.416 e. The van der Waals surface area contributed by atoms with Crippen LogP contribution in [0.2, 0.25) is 0 Å². The first-order valence-electron chi connectivity index (χ1n) is 6.69. The standard InChI is InChI=1S/C17H16BrF3/c1-11(2)12-4-3-5-13(8-12)16-7-6-15(17(19,20)21)9-14(16)10-18/h3-9,11H,10H2,1-2H3. The van der Waals surface area contributed by atoms with E-state index in [9.17, 15) is 13.2 Å². The van der Waals surface area contributed by atoms with Crippen LogP contribution in [-0.4, -0.2) is 0 Å². The number of benzene rings is 2. The van der Waals surface area contributed by atoms with Crippen LogP contribution in [0.5, 0.6) is 0 Å². The molecule has 112 valence electrons. The van der Waals surface area contributed by atoms with E-state index in [1.165, 1.54) is 11.6 Å². The lowest BCUT2D eigenvalue weighted by atomic mass is 9.94. The summed E-state index contributed by atoms with van der Waals surface area (Å²) in [6, 6.07) is 11.9. The van der Waals surface area contributed by atoms with Gasteiger partial charge in [0.05, 0.1) is 5.56 Å². The van der Waals surface area contributed by atoms with Crippen LogP contribution in [0.3, 0.4) is 0 Å². The van der Waals surface area contributed by atoms with Gasteiger partial charge in [-0.2, -0.15) is 13.2 Å². The summed E-state index contributed by atoms with van der Waals surface area (Å²) in [5.74, 6) is 0.381. The number of hydrogen-bond acceptors (Lipinski definition) is 0. The molecule has 21 heavy (non-hydrogen) atoms. The molecule has 0 spiro atoms. The molecule has 0 aliphatic heterocycles. The fourth-order valence-corrected chi connectivity index (χ4v) is 2.69. The monoisotopic (exact) mass is 356 g/mol. The molecule has 0 nitrogen and oxygen atoms in total. The van der Waals surface area contributed by atoms with E-state index in [2.05, 4.69) is 29.8 Å². The molecule has 0 atom stereocenters. The minimum atomic E-state index is -4.31. The van der Waals surface area contributed by atoms with E-state index in [0.717, 1.165) is 17.2 Å². The Hall–Kier alpha value is -1.29. The minimum Gasteiger partial charge on any atom is -0.166 e. The van der Waals surface area contributed by atoms with Crippen molar-refractivity contribution in [2.45, 2.75) is 31.3 Å². The van der Waals surface area contributed by atoms with E-state index in [1.54, 1.807) is 6.07 Å². The van der Waals surface area contributed by atoms with Crippen molar-refractivity contribution >= 4 is 15.9 Å². The Morgan fingerprint density at radius 3 is 2.33 bits per heavy atom. The predicted molar refractivity (Wildman–Crippen MR) is 83.6 cm³/mol. The van der Waals surface area contributed by atoms with Crippen LogP contribution in [0.25, 0.3) is 11.1 Å². The van der Waals surface area contributed by atoms with E-state index in [-0.39, 0.29) is 0 Å². The maximum Gasteiger partial charge on any atom is 0.416 e. The second kappa shape index (κ2) is 6.22. The fraction of sp³-hybridized carbons (Fsp3) is 0.294. The topological polar surface area (TPSA) is 0 Å². The number of hydrogen-bond donors (Lipinski definition) is 0. The average molecular weight is 357 g/mol. The smallest absolute Gasteiger partial charge is 0.166 e. The lowest BCUT2D eigenvalue weighted by molar-refractivity contribution is -0.137. The highest BCUT2D eigenvalue weighted by Gasteiger charge is 2.30. The summed E-state index contributed by atoms with van der Waals surface area (Å²) in [4.78, 5) is 0. The van der Waals surface area contributed by atoms with E-state index in [1.807, 2.05) is 24.3 Å². The van der Waals surface area contributed by atoms with Gasteiger partial charge in [0, 0.05) is 5.33 Å². The predicted octanol–water partition coefficient (Wildman–Crippen LogP) is 6.39. The third-order valence-electron chi connectivity index (χ3n) is 3.44. The SMILES string of the molecule is CC(C)c1cccc(-c2ccc(C(F)(F)F)cc2CBr)c1. The Kier molecular flexibility index (Phi) is 4.77. The van der Waals surface area contributed by atoms with Crippen molar-refractivity contribution < 1.29 is 13.2 Å². The summed E-state index contributed by atoms with van der Waals surface area (Å²) in [5.41, 5.74) is 2.99. The molecule has 0 fully saturated rings. The minimum absolute atomic E-state index is 0.381. The van der Waals surface area contributed by atoms with Crippen LogP contribution in [-0.2, 0) is 11.5 Å². The molecule has 0 aliphatic rings. The second-order valence-electron chi connectivity index (χ2n) is 5.28. The molecule has 0 heterocycles. The van der Waals surface area contributed by atoms with Gasteiger partial charge < -0.3 is 0 Å². The van der Waals surface area contributed by atoms with Gasteiger partial charge in [-0.3, -0.25) is 0 Å². The van der Waals surface area contributed by atoms with Crippen LogP contribution in [0, 0.1) is 0 Å². The van der Waals surface area contributed by atoms with Crippen molar-refractivity contribution in [1.29, 1.82) is 0 Å². The highest BCUT2D eigenvalue weighted by Crippen LogP contribution is 2.34. The Labute approximate surface area is 131 Å². The van der Waals surface area contributed by atoms with Crippen LogP contribution < -0.4 is 0 Å². The summed E-state index contributed by atoms with van der Waals surface area (Å²) < 4.78 is 38.4. The lowest BCUT2D eigenvalue weighted by Gasteiger charge is -2.14. The molecule has 0 aromatic heterocycles. The maximum atomic E-state index is 12.8. The van der Waals surface area contributed by atoms with Crippen molar-refractivity contribution in [2.24, 2.45) is 0 Å². The second-order valence-corrected chi connectivity index (χ2v) is 5.84. The summed E-state index contributed by atoms with van der Waals surface area (Å²) in [7, 11) is 0. The molecule has 2 aromatic carbocycles. The molecular formula is C17H16BrF3. The zero-order valence-electron chi connectivity index (χ0n) is 11.8. The van der Waals surface area contributed by atoms with E-state index in [0.29, 0.717) is 16.8 Å². The Bertz CT molecular complexity index is 630. The zero-order chi connectivity index (χ0) is 15.6. The van der Waals surface area contributed by atoms with Crippen molar-refractivity contribution in [3.8, 4) is 11.1 Å². The van der Waals surface area contributed by atoms with Gasteiger partial charge in [-0.15, -0.1) is 0 Å². The molecular weight excluding hydrogens is 341 g/mol. The van der Waals surface area contributed by atoms with Crippen LogP contribution >= 0.6 is 15.9 Å². The van der Waals surface area contributed by atoms with Crippen molar-refractivity contribution in [3.05, 3.63) is 59.2 Å². The van der Waals surface area contributed by atoms with E-state index >= 15 is 0 Å². The van der Waals surface area contributed by atoms with E-state index in [4.69, 9.17) is 0 Å². The first kappa shape index (κ1) is 16.1. The van der Waals surface area contributed by atoms with Gasteiger partial charge in [-0.25, -0.2) is 0 Å².